The Labute approximate surface area is 147 Å². The lowest BCUT2D eigenvalue weighted by Gasteiger charge is -2.20. The molecule has 3 rings (SSSR count). The number of nitrogens with one attached hydrogen (secondary N) is 1. The molecule has 0 unspecified atom stereocenters. The smallest absolute Gasteiger partial charge is 0.240 e. The van der Waals surface area contributed by atoms with Crippen LogP contribution in [0, 0.1) is 0 Å². The topological polar surface area (TPSA) is 58.6 Å². The maximum absolute atomic E-state index is 12.7. The van der Waals surface area contributed by atoms with Crippen LogP contribution in [0.3, 0.4) is 0 Å². The first-order valence-electron chi connectivity index (χ1n) is 8.24. The van der Waals surface area contributed by atoms with Crippen LogP contribution >= 0.6 is 0 Å². The number of amides is 2. The molecule has 0 saturated carbocycles. The fourth-order valence-electron chi connectivity index (χ4n) is 3.14. The average Bonchev–Trinajstić information content (AvgIpc) is 2.81. The summed E-state index contributed by atoms with van der Waals surface area (Å²) in [6.07, 6.45) is 0. The third kappa shape index (κ3) is 3.22. The van der Waals surface area contributed by atoms with E-state index in [-0.39, 0.29) is 18.4 Å². The third-order valence-electron chi connectivity index (χ3n) is 4.57. The van der Waals surface area contributed by atoms with Gasteiger partial charge in [0, 0.05) is 12.2 Å². The van der Waals surface area contributed by atoms with Crippen LogP contribution in [0.25, 0.3) is 0 Å². The van der Waals surface area contributed by atoms with Crippen LogP contribution in [0.15, 0.2) is 48.5 Å². The number of carbonyl (C=O) groups is 2. The predicted molar refractivity (Wildman–Crippen MR) is 96.7 cm³/mol. The first-order chi connectivity index (χ1) is 11.9. The largest absolute Gasteiger partial charge is 0.497 e. The minimum Gasteiger partial charge on any atom is -0.497 e. The molecule has 1 aliphatic heterocycles. The van der Waals surface area contributed by atoms with Crippen molar-refractivity contribution in [3.8, 4) is 5.75 Å². The van der Waals surface area contributed by atoms with Crippen LogP contribution in [0.5, 0.6) is 5.75 Å². The summed E-state index contributed by atoms with van der Waals surface area (Å²) in [6.45, 7) is 4.19. The van der Waals surface area contributed by atoms with Crippen LogP contribution in [0.1, 0.15) is 25.0 Å². The number of benzene rings is 2. The summed E-state index contributed by atoms with van der Waals surface area (Å²) in [5.74, 6) is 0.506. The van der Waals surface area contributed by atoms with Crippen molar-refractivity contribution >= 4 is 17.5 Å². The monoisotopic (exact) mass is 338 g/mol. The Kier molecular flexibility index (Phi) is 4.49. The molecule has 0 saturated heterocycles. The van der Waals surface area contributed by atoms with E-state index in [9.17, 15) is 9.59 Å². The number of hydrogen-bond donors (Lipinski definition) is 1. The molecule has 0 aliphatic carbocycles. The van der Waals surface area contributed by atoms with Gasteiger partial charge in [0.2, 0.25) is 11.8 Å². The van der Waals surface area contributed by atoms with E-state index in [1.165, 1.54) is 0 Å². The molecule has 1 aliphatic rings. The number of anilines is 1. The molecule has 2 aromatic rings. The lowest BCUT2D eigenvalue weighted by molar-refractivity contribution is -0.125. The highest BCUT2D eigenvalue weighted by atomic mass is 16.5. The van der Waals surface area contributed by atoms with E-state index in [4.69, 9.17) is 4.74 Å². The molecule has 25 heavy (non-hydrogen) atoms. The molecule has 5 nitrogen and oxygen atoms in total. The second kappa shape index (κ2) is 6.59. The van der Waals surface area contributed by atoms with Gasteiger partial charge in [0.15, 0.2) is 0 Å². The van der Waals surface area contributed by atoms with E-state index in [0.29, 0.717) is 6.54 Å². The Bertz CT molecular complexity index is 814. The number of hydrogen-bond acceptors (Lipinski definition) is 3. The van der Waals surface area contributed by atoms with E-state index in [1.54, 1.807) is 12.0 Å². The fourth-order valence-corrected chi connectivity index (χ4v) is 3.14. The van der Waals surface area contributed by atoms with Gasteiger partial charge in [-0.05, 0) is 43.2 Å². The molecular formula is C20H22N2O3. The van der Waals surface area contributed by atoms with Gasteiger partial charge in [0.05, 0.1) is 12.5 Å². The van der Waals surface area contributed by atoms with E-state index in [2.05, 4.69) is 5.32 Å². The van der Waals surface area contributed by atoms with Crippen LogP contribution in [0.2, 0.25) is 0 Å². The molecule has 2 amide bonds. The summed E-state index contributed by atoms with van der Waals surface area (Å²) in [7, 11) is 1.61. The Balaban J connectivity index is 1.68. The normalized spacial score (nSPS) is 15.0. The summed E-state index contributed by atoms with van der Waals surface area (Å²) < 4.78 is 5.18. The number of para-hydroxylation sites is 1. The van der Waals surface area contributed by atoms with E-state index < -0.39 is 5.41 Å². The quantitative estimate of drug-likeness (QED) is 0.912. The minimum atomic E-state index is -0.607. The van der Waals surface area contributed by atoms with Crippen LogP contribution in [-0.4, -0.2) is 25.5 Å². The Hall–Kier alpha value is -2.82. The van der Waals surface area contributed by atoms with Gasteiger partial charge in [-0.25, -0.2) is 0 Å². The number of ether oxygens (including phenoxy) is 1. The van der Waals surface area contributed by atoms with Crippen molar-refractivity contribution < 1.29 is 14.3 Å². The molecule has 2 aromatic carbocycles. The fraction of sp³-hybridized carbons (Fsp3) is 0.300. The van der Waals surface area contributed by atoms with E-state index >= 15 is 0 Å². The maximum atomic E-state index is 12.7. The Morgan fingerprint density at radius 1 is 1.16 bits per heavy atom. The minimum absolute atomic E-state index is 0.0171. The predicted octanol–water partition coefficient (Wildman–Crippen LogP) is 2.64. The lowest BCUT2D eigenvalue weighted by Crippen LogP contribution is -2.42. The molecular weight excluding hydrogens is 316 g/mol. The molecule has 0 radical (unpaired) electrons. The number of methoxy groups -OCH3 is 1. The van der Waals surface area contributed by atoms with Crippen molar-refractivity contribution in [2.45, 2.75) is 25.8 Å². The van der Waals surface area contributed by atoms with E-state index in [0.717, 1.165) is 22.6 Å². The second-order valence-electron chi connectivity index (χ2n) is 6.66. The zero-order valence-corrected chi connectivity index (χ0v) is 14.7. The number of rotatable bonds is 5. The zero-order chi connectivity index (χ0) is 18.0. The Morgan fingerprint density at radius 3 is 2.68 bits per heavy atom. The molecule has 0 aromatic heterocycles. The first-order valence-corrected chi connectivity index (χ1v) is 8.24. The van der Waals surface area contributed by atoms with Gasteiger partial charge in [0.1, 0.15) is 12.3 Å². The summed E-state index contributed by atoms with van der Waals surface area (Å²) in [4.78, 5) is 26.6. The van der Waals surface area contributed by atoms with Crippen LogP contribution in [-0.2, 0) is 21.5 Å². The van der Waals surface area contributed by atoms with Crippen molar-refractivity contribution in [1.29, 1.82) is 0 Å². The van der Waals surface area contributed by atoms with Gasteiger partial charge in [-0.3, -0.25) is 9.59 Å². The molecule has 130 valence electrons. The first kappa shape index (κ1) is 17.0. The number of fused-ring (bicyclic) bond motifs is 1. The standard InChI is InChI=1S/C20H22N2O3/c1-20(2)16-9-4-5-10-17(16)22(19(20)24)13-18(23)21-12-14-7-6-8-15(11-14)25-3/h4-11H,12-13H2,1-3H3,(H,21,23). The number of carbonyl (C=O) groups excluding carboxylic acids is 2. The van der Waals surface area contributed by atoms with E-state index in [1.807, 2.05) is 62.4 Å². The summed E-state index contributed by atoms with van der Waals surface area (Å²) in [6, 6.07) is 15.2. The van der Waals surface area contributed by atoms with Crippen LogP contribution < -0.4 is 15.0 Å². The molecule has 0 fully saturated rings. The molecule has 5 heteroatoms. The van der Waals surface area contributed by atoms with Crippen molar-refractivity contribution in [3.05, 3.63) is 59.7 Å². The molecule has 1 heterocycles. The Morgan fingerprint density at radius 2 is 1.92 bits per heavy atom. The lowest BCUT2D eigenvalue weighted by atomic mass is 9.86. The highest BCUT2D eigenvalue weighted by Crippen LogP contribution is 2.40. The molecule has 0 atom stereocenters. The summed E-state index contributed by atoms with van der Waals surface area (Å²) in [5.41, 5.74) is 2.11. The van der Waals surface area contributed by atoms with Gasteiger partial charge in [-0.15, -0.1) is 0 Å². The second-order valence-corrected chi connectivity index (χ2v) is 6.66. The van der Waals surface area contributed by atoms with Gasteiger partial charge in [-0.2, -0.15) is 0 Å². The van der Waals surface area contributed by atoms with Crippen LogP contribution in [0.4, 0.5) is 5.69 Å². The highest BCUT2D eigenvalue weighted by Gasteiger charge is 2.43. The number of nitrogens with zero attached hydrogens (tertiary/aromatic N) is 1. The molecule has 1 N–H and O–H groups in total. The molecule has 0 bridgehead atoms. The summed E-state index contributed by atoms with van der Waals surface area (Å²) >= 11 is 0. The van der Waals surface area contributed by atoms with Crippen molar-refractivity contribution in [2.75, 3.05) is 18.6 Å². The highest BCUT2D eigenvalue weighted by molar-refractivity contribution is 6.10. The van der Waals surface area contributed by atoms with Crippen molar-refractivity contribution in [3.63, 3.8) is 0 Å². The average molecular weight is 338 g/mol. The van der Waals surface area contributed by atoms with Crippen molar-refractivity contribution in [1.82, 2.24) is 5.32 Å². The maximum Gasteiger partial charge on any atom is 0.240 e. The summed E-state index contributed by atoms with van der Waals surface area (Å²) in [5, 5.41) is 2.87. The third-order valence-corrected chi connectivity index (χ3v) is 4.57. The van der Waals surface area contributed by atoms with Gasteiger partial charge in [0.25, 0.3) is 0 Å². The van der Waals surface area contributed by atoms with Gasteiger partial charge < -0.3 is 15.0 Å². The van der Waals surface area contributed by atoms with Crippen molar-refractivity contribution in [2.24, 2.45) is 0 Å². The van der Waals surface area contributed by atoms with Gasteiger partial charge >= 0.3 is 0 Å². The van der Waals surface area contributed by atoms with Gasteiger partial charge in [-0.1, -0.05) is 30.3 Å². The zero-order valence-electron chi connectivity index (χ0n) is 14.7. The SMILES string of the molecule is COc1cccc(CNC(=O)CN2C(=O)C(C)(C)c3ccccc32)c1. The molecule has 0 spiro atoms.